The molecule has 1 heterocycles. The van der Waals surface area contributed by atoms with Gasteiger partial charge in [0.2, 0.25) is 5.91 Å². The SMILES string of the molecule is CCN(CC)C(=O)Cn1nc(C)c(CNCC(C)C)c1C. The molecule has 5 heteroatoms. The molecule has 21 heavy (non-hydrogen) atoms. The molecule has 0 bridgehead atoms. The fourth-order valence-electron chi connectivity index (χ4n) is 2.43. The van der Waals surface area contributed by atoms with Crippen LogP contribution in [0, 0.1) is 19.8 Å². The van der Waals surface area contributed by atoms with Crippen molar-refractivity contribution in [1.29, 1.82) is 0 Å². The number of nitrogens with one attached hydrogen (secondary N) is 1. The van der Waals surface area contributed by atoms with Crippen LogP contribution in [0.3, 0.4) is 0 Å². The summed E-state index contributed by atoms with van der Waals surface area (Å²) in [7, 11) is 0. The summed E-state index contributed by atoms with van der Waals surface area (Å²) in [6.45, 7) is 16.1. The first-order chi connectivity index (χ1) is 9.90. The molecule has 120 valence electrons. The summed E-state index contributed by atoms with van der Waals surface area (Å²) in [5.41, 5.74) is 3.31. The molecule has 0 saturated heterocycles. The van der Waals surface area contributed by atoms with Gasteiger partial charge in [-0.05, 0) is 40.2 Å². The number of amides is 1. The van der Waals surface area contributed by atoms with Crippen molar-refractivity contribution in [3.05, 3.63) is 17.0 Å². The van der Waals surface area contributed by atoms with Crippen molar-refractivity contribution in [2.45, 2.75) is 54.6 Å². The molecule has 0 radical (unpaired) electrons. The van der Waals surface area contributed by atoms with Crippen LogP contribution in [0.4, 0.5) is 0 Å². The summed E-state index contributed by atoms with van der Waals surface area (Å²) in [6, 6.07) is 0. The van der Waals surface area contributed by atoms with E-state index in [1.165, 1.54) is 5.56 Å². The molecule has 0 atom stereocenters. The van der Waals surface area contributed by atoms with Crippen molar-refractivity contribution in [3.63, 3.8) is 0 Å². The molecule has 0 aromatic carbocycles. The molecule has 1 aromatic rings. The van der Waals surface area contributed by atoms with Crippen molar-refractivity contribution in [1.82, 2.24) is 20.0 Å². The van der Waals surface area contributed by atoms with Gasteiger partial charge in [0.05, 0.1) is 5.69 Å². The Bertz CT molecular complexity index is 461. The van der Waals surface area contributed by atoms with Crippen LogP contribution in [-0.4, -0.2) is 40.2 Å². The zero-order valence-electron chi connectivity index (χ0n) is 14.4. The molecule has 0 aliphatic rings. The normalized spacial score (nSPS) is 11.2. The van der Waals surface area contributed by atoms with E-state index in [4.69, 9.17) is 0 Å². The van der Waals surface area contributed by atoms with Crippen LogP contribution < -0.4 is 5.32 Å². The van der Waals surface area contributed by atoms with E-state index in [-0.39, 0.29) is 5.91 Å². The van der Waals surface area contributed by atoms with Crippen LogP contribution >= 0.6 is 0 Å². The monoisotopic (exact) mass is 294 g/mol. The first-order valence-corrected chi connectivity index (χ1v) is 7.92. The molecule has 0 aliphatic carbocycles. The maximum Gasteiger partial charge on any atom is 0.244 e. The standard InChI is InChI=1S/C16H30N4O/c1-7-19(8-2)16(21)11-20-14(6)15(13(5)18-20)10-17-9-12(3)4/h12,17H,7-11H2,1-6H3. The van der Waals surface area contributed by atoms with E-state index in [0.717, 1.165) is 37.6 Å². The molecule has 1 rings (SSSR count). The molecular formula is C16H30N4O. The molecule has 0 aliphatic heterocycles. The minimum Gasteiger partial charge on any atom is -0.342 e. The molecule has 1 aromatic heterocycles. The molecular weight excluding hydrogens is 264 g/mol. The predicted molar refractivity (Wildman–Crippen MR) is 86.2 cm³/mol. The molecule has 1 amide bonds. The third kappa shape index (κ3) is 4.84. The van der Waals surface area contributed by atoms with Gasteiger partial charge in [0.1, 0.15) is 6.54 Å². The van der Waals surface area contributed by atoms with Crippen molar-refractivity contribution in [2.24, 2.45) is 5.92 Å². The molecule has 0 fully saturated rings. The van der Waals surface area contributed by atoms with Crippen molar-refractivity contribution < 1.29 is 4.79 Å². The number of hydrogen-bond donors (Lipinski definition) is 1. The summed E-state index contributed by atoms with van der Waals surface area (Å²) in [5, 5.41) is 7.97. The first kappa shape index (κ1) is 17.7. The summed E-state index contributed by atoms with van der Waals surface area (Å²) < 4.78 is 1.84. The minimum atomic E-state index is 0.132. The van der Waals surface area contributed by atoms with Crippen LogP contribution in [0.5, 0.6) is 0 Å². The summed E-state index contributed by atoms with van der Waals surface area (Å²) >= 11 is 0. The lowest BCUT2D eigenvalue weighted by Gasteiger charge is -2.18. The summed E-state index contributed by atoms with van der Waals surface area (Å²) in [4.78, 5) is 14.0. The highest BCUT2D eigenvalue weighted by atomic mass is 16.2. The van der Waals surface area contributed by atoms with E-state index < -0.39 is 0 Å². The zero-order chi connectivity index (χ0) is 16.0. The van der Waals surface area contributed by atoms with Crippen molar-refractivity contribution in [2.75, 3.05) is 19.6 Å². The molecule has 0 unspecified atom stereocenters. The third-order valence-corrected chi connectivity index (χ3v) is 3.79. The number of aryl methyl sites for hydroxylation is 1. The number of rotatable bonds is 8. The number of carbonyl (C=O) groups is 1. The number of carbonyl (C=O) groups excluding carboxylic acids is 1. The van der Waals surface area contributed by atoms with Gasteiger partial charge in [0, 0.05) is 30.9 Å². The largest absolute Gasteiger partial charge is 0.342 e. The van der Waals surface area contributed by atoms with E-state index in [9.17, 15) is 4.79 Å². The van der Waals surface area contributed by atoms with Gasteiger partial charge in [-0.15, -0.1) is 0 Å². The third-order valence-electron chi connectivity index (χ3n) is 3.79. The fraction of sp³-hybridized carbons (Fsp3) is 0.750. The van der Waals surface area contributed by atoms with Gasteiger partial charge >= 0.3 is 0 Å². The Morgan fingerprint density at radius 3 is 2.43 bits per heavy atom. The second-order valence-electron chi connectivity index (χ2n) is 5.90. The Morgan fingerprint density at radius 2 is 1.90 bits per heavy atom. The van der Waals surface area contributed by atoms with E-state index in [2.05, 4.69) is 24.3 Å². The lowest BCUT2D eigenvalue weighted by atomic mass is 10.2. The molecule has 0 saturated carbocycles. The Morgan fingerprint density at radius 1 is 1.29 bits per heavy atom. The fourth-order valence-corrected chi connectivity index (χ4v) is 2.43. The molecule has 0 spiro atoms. The van der Waals surface area contributed by atoms with Crippen LogP contribution in [0.15, 0.2) is 0 Å². The Balaban J connectivity index is 2.75. The van der Waals surface area contributed by atoms with E-state index in [1.54, 1.807) is 0 Å². The van der Waals surface area contributed by atoms with Crippen LogP contribution in [0.1, 0.15) is 44.6 Å². The Labute approximate surface area is 128 Å². The highest BCUT2D eigenvalue weighted by Gasteiger charge is 2.16. The van der Waals surface area contributed by atoms with Gasteiger partial charge in [-0.2, -0.15) is 5.10 Å². The summed E-state index contributed by atoms with van der Waals surface area (Å²) in [5.74, 6) is 0.761. The van der Waals surface area contributed by atoms with Gasteiger partial charge in [-0.3, -0.25) is 9.48 Å². The quantitative estimate of drug-likeness (QED) is 0.799. The lowest BCUT2D eigenvalue weighted by molar-refractivity contribution is -0.131. The lowest BCUT2D eigenvalue weighted by Crippen LogP contribution is -2.34. The second kappa shape index (κ2) is 8.17. The second-order valence-corrected chi connectivity index (χ2v) is 5.90. The Kier molecular flexibility index (Phi) is 6.89. The van der Waals surface area contributed by atoms with Gasteiger partial charge < -0.3 is 10.2 Å². The minimum absolute atomic E-state index is 0.132. The maximum absolute atomic E-state index is 12.2. The van der Waals surface area contributed by atoms with Gasteiger partial charge in [-0.25, -0.2) is 0 Å². The summed E-state index contributed by atoms with van der Waals surface area (Å²) in [6.07, 6.45) is 0. The average Bonchev–Trinajstić information content (AvgIpc) is 2.67. The molecule has 5 nitrogen and oxygen atoms in total. The number of likely N-dealkylation sites (N-methyl/N-ethyl adjacent to an activating group) is 1. The average molecular weight is 294 g/mol. The maximum atomic E-state index is 12.2. The van der Waals surface area contributed by atoms with Crippen molar-refractivity contribution >= 4 is 5.91 Å². The van der Waals surface area contributed by atoms with Crippen LogP contribution in [0.2, 0.25) is 0 Å². The van der Waals surface area contributed by atoms with Crippen LogP contribution in [0.25, 0.3) is 0 Å². The van der Waals surface area contributed by atoms with E-state index in [1.807, 2.05) is 37.3 Å². The highest BCUT2D eigenvalue weighted by molar-refractivity contribution is 5.75. The smallest absolute Gasteiger partial charge is 0.244 e. The highest BCUT2D eigenvalue weighted by Crippen LogP contribution is 2.13. The van der Waals surface area contributed by atoms with Gasteiger partial charge in [-0.1, -0.05) is 13.8 Å². The van der Waals surface area contributed by atoms with E-state index in [0.29, 0.717) is 12.5 Å². The number of hydrogen-bond acceptors (Lipinski definition) is 3. The topological polar surface area (TPSA) is 50.2 Å². The predicted octanol–water partition coefficient (Wildman–Crippen LogP) is 2.11. The van der Waals surface area contributed by atoms with E-state index >= 15 is 0 Å². The number of nitrogens with zero attached hydrogens (tertiary/aromatic N) is 3. The van der Waals surface area contributed by atoms with Crippen LogP contribution in [-0.2, 0) is 17.9 Å². The molecule has 1 N–H and O–H groups in total. The first-order valence-electron chi connectivity index (χ1n) is 7.92. The van der Waals surface area contributed by atoms with Gasteiger partial charge in [0.25, 0.3) is 0 Å². The number of aromatic nitrogens is 2. The van der Waals surface area contributed by atoms with Gasteiger partial charge in [0.15, 0.2) is 0 Å². The zero-order valence-corrected chi connectivity index (χ0v) is 14.4. The Hall–Kier alpha value is -1.36. The van der Waals surface area contributed by atoms with Crippen molar-refractivity contribution in [3.8, 4) is 0 Å².